The molecule has 1 amide bonds. The number of benzene rings is 2. The van der Waals surface area contributed by atoms with Crippen LogP contribution in [0.1, 0.15) is 24.2 Å². The maximum atomic E-state index is 12.4. The molecule has 0 saturated heterocycles. The van der Waals surface area contributed by atoms with Crippen LogP contribution < -0.4 is 25.0 Å². The summed E-state index contributed by atoms with van der Waals surface area (Å²) in [4.78, 5) is 14.6. The van der Waals surface area contributed by atoms with Gasteiger partial charge in [0.25, 0.3) is 5.91 Å². The average molecular weight is 388 g/mol. The third-order valence-corrected chi connectivity index (χ3v) is 4.33. The predicted octanol–water partition coefficient (Wildman–Crippen LogP) is 3.68. The Balaban J connectivity index is 2.00. The van der Waals surface area contributed by atoms with Crippen LogP contribution in [0, 0.1) is 0 Å². The third kappa shape index (κ3) is 5.34. The quantitative estimate of drug-likeness (QED) is 0.707. The molecule has 144 valence electrons. The summed E-state index contributed by atoms with van der Waals surface area (Å²) in [6.07, 6.45) is 0. The van der Waals surface area contributed by atoms with E-state index in [9.17, 15) is 4.79 Å². The van der Waals surface area contributed by atoms with E-state index >= 15 is 0 Å². The van der Waals surface area contributed by atoms with Gasteiger partial charge >= 0.3 is 0 Å². The zero-order valence-electron chi connectivity index (χ0n) is 16.0. The largest absolute Gasteiger partial charge is 0.493 e. The Morgan fingerprint density at radius 3 is 2.19 bits per heavy atom. The smallest absolute Gasteiger partial charge is 0.257 e. The summed E-state index contributed by atoms with van der Waals surface area (Å²) in [6, 6.07) is 12.8. The molecule has 0 fully saturated rings. The number of hydrogen-bond acceptors (Lipinski definition) is 5. The first-order valence-electron chi connectivity index (χ1n) is 8.71. The average Bonchev–Trinajstić information content (AvgIpc) is 2.69. The van der Waals surface area contributed by atoms with Gasteiger partial charge in [-0.25, -0.2) is 0 Å². The second kappa shape index (κ2) is 9.78. The highest BCUT2D eigenvalue weighted by Crippen LogP contribution is 2.27. The maximum Gasteiger partial charge on any atom is 0.257 e. The number of carbonyl (C=O) groups is 1. The Kier molecular flexibility index (Phi) is 7.43. The number of nitrogens with zero attached hydrogens (tertiary/aromatic N) is 1. The Hall–Kier alpha value is -2.80. The number of rotatable bonds is 7. The highest BCUT2D eigenvalue weighted by atomic mass is 32.1. The fraction of sp³-hybridized carbons (Fsp3) is 0.300. The molecule has 0 aliphatic heterocycles. The lowest BCUT2D eigenvalue weighted by Crippen LogP contribution is -2.34. The number of thiocarbonyl (C=S) groups is 1. The van der Waals surface area contributed by atoms with E-state index in [1.807, 2.05) is 24.3 Å². The molecule has 0 aliphatic carbocycles. The van der Waals surface area contributed by atoms with Crippen molar-refractivity contribution in [2.75, 3.05) is 37.5 Å². The van der Waals surface area contributed by atoms with Gasteiger partial charge in [-0.05, 0) is 68.5 Å². The van der Waals surface area contributed by atoms with Crippen molar-refractivity contribution >= 4 is 34.6 Å². The van der Waals surface area contributed by atoms with Crippen LogP contribution >= 0.6 is 12.2 Å². The van der Waals surface area contributed by atoms with Crippen molar-refractivity contribution < 1.29 is 14.3 Å². The SMILES string of the molecule is CCN(CC)c1ccc(NC(=S)NC(=O)c2ccc(OC)c(OC)c2)cc1. The Labute approximate surface area is 165 Å². The number of hydrogen-bond donors (Lipinski definition) is 2. The van der Waals surface area contributed by atoms with E-state index in [1.165, 1.54) is 7.11 Å². The number of ether oxygens (including phenoxy) is 2. The molecule has 0 unspecified atom stereocenters. The summed E-state index contributed by atoms with van der Waals surface area (Å²) in [7, 11) is 3.07. The van der Waals surface area contributed by atoms with Crippen molar-refractivity contribution in [1.29, 1.82) is 0 Å². The first-order chi connectivity index (χ1) is 13.0. The summed E-state index contributed by atoms with van der Waals surface area (Å²) < 4.78 is 10.4. The summed E-state index contributed by atoms with van der Waals surface area (Å²) in [5.74, 6) is 0.715. The molecule has 0 atom stereocenters. The molecule has 0 aromatic heterocycles. The zero-order chi connectivity index (χ0) is 19.8. The van der Waals surface area contributed by atoms with Gasteiger partial charge in [-0.15, -0.1) is 0 Å². The van der Waals surface area contributed by atoms with Crippen LogP contribution in [0.2, 0.25) is 0 Å². The normalized spacial score (nSPS) is 10.1. The number of anilines is 2. The van der Waals surface area contributed by atoms with Crippen molar-refractivity contribution in [3.8, 4) is 11.5 Å². The molecule has 2 N–H and O–H groups in total. The zero-order valence-corrected chi connectivity index (χ0v) is 16.9. The highest BCUT2D eigenvalue weighted by Gasteiger charge is 2.12. The Morgan fingerprint density at radius 2 is 1.63 bits per heavy atom. The minimum atomic E-state index is -0.326. The van der Waals surface area contributed by atoms with Crippen molar-refractivity contribution in [3.63, 3.8) is 0 Å². The van der Waals surface area contributed by atoms with Crippen molar-refractivity contribution in [2.45, 2.75) is 13.8 Å². The van der Waals surface area contributed by atoms with Crippen LogP contribution in [0.25, 0.3) is 0 Å². The van der Waals surface area contributed by atoms with Crippen LogP contribution in [0.3, 0.4) is 0 Å². The molecule has 0 heterocycles. The van der Waals surface area contributed by atoms with Crippen molar-refractivity contribution in [1.82, 2.24) is 5.32 Å². The summed E-state index contributed by atoms with van der Waals surface area (Å²) in [5.41, 5.74) is 2.38. The molecular weight excluding hydrogens is 362 g/mol. The number of methoxy groups -OCH3 is 2. The standard InChI is InChI=1S/C20H25N3O3S/c1-5-23(6-2)16-10-8-15(9-11-16)21-20(27)22-19(24)14-7-12-17(25-3)18(13-14)26-4/h7-13H,5-6H2,1-4H3,(H2,21,22,24,27). The maximum absolute atomic E-state index is 12.4. The third-order valence-electron chi connectivity index (χ3n) is 4.13. The number of amides is 1. The van der Waals surface area contributed by atoms with Crippen LogP contribution in [0.15, 0.2) is 42.5 Å². The van der Waals surface area contributed by atoms with E-state index in [4.69, 9.17) is 21.7 Å². The number of nitrogens with one attached hydrogen (secondary N) is 2. The van der Waals surface area contributed by atoms with Gasteiger partial charge in [0.05, 0.1) is 14.2 Å². The minimum Gasteiger partial charge on any atom is -0.493 e. The monoisotopic (exact) mass is 387 g/mol. The molecule has 2 aromatic rings. The molecule has 0 saturated carbocycles. The van der Waals surface area contributed by atoms with E-state index in [-0.39, 0.29) is 11.0 Å². The Morgan fingerprint density at radius 1 is 1.00 bits per heavy atom. The molecule has 27 heavy (non-hydrogen) atoms. The van der Waals surface area contributed by atoms with Crippen LogP contribution in [-0.4, -0.2) is 38.3 Å². The highest BCUT2D eigenvalue weighted by molar-refractivity contribution is 7.80. The van der Waals surface area contributed by atoms with Crippen LogP contribution in [0.4, 0.5) is 11.4 Å². The van der Waals surface area contributed by atoms with Gasteiger partial charge in [0.15, 0.2) is 16.6 Å². The lowest BCUT2D eigenvalue weighted by atomic mass is 10.2. The van der Waals surface area contributed by atoms with E-state index in [1.54, 1.807) is 25.3 Å². The lowest BCUT2D eigenvalue weighted by molar-refractivity contribution is 0.0977. The van der Waals surface area contributed by atoms with Crippen LogP contribution in [0.5, 0.6) is 11.5 Å². The van der Waals surface area contributed by atoms with Crippen molar-refractivity contribution in [2.24, 2.45) is 0 Å². The molecule has 0 radical (unpaired) electrons. The van der Waals surface area contributed by atoms with Gasteiger partial charge < -0.3 is 19.7 Å². The van der Waals surface area contributed by atoms with Gasteiger partial charge in [-0.1, -0.05) is 0 Å². The van der Waals surface area contributed by atoms with E-state index < -0.39 is 0 Å². The molecule has 2 aromatic carbocycles. The molecule has 0 spiro atoms. The van der Waals surface area contributed by atoms with E-state index in [0.29, 0.717) is 17.1 Å². The van der Waals surface area contributed by atoms with Gasteiger partial charge in [-0.2, -0.15) is 0 Å². The summed E-state index contributed by atoms with van der Waals surface area (Å²) >= 11 is 5.24. The second-order valence-electron chi connectivity index (χ2n) is 5.70. The lowest BCUT2D eigenvalue weighted by Gasteiger charge is -2.21. The molecule has 2 rings (SSSR count). The summed E-state index contributed by atoms with van der Waals surface area (Å²) in [6.45, 7) is 6.13. The Bertz CT molecular complexity index is 790. The summed E-state index contributed by atoms with van der Waals surface area (Å²) in [5, 5.41) is 5.92. The van der Waals surface area contributed by atoms with Crippen LogP contribution in [-0.2, 0) is 0 Å². The fourth-order valence-corrected chi connectivity index (χ4v) is 2.87. The van der Waals surface area contributed by atoms with Gasteiger partial charge in [-0.3, -0.25) is 10.1 Å². The first kappa shape index (κ1) is 20.5. The first-order valence-corrected chi connectivity index (χ1v) is 9.12. The fourth-order valence-electron chi connectivity index (χ4n) is 2.66. The molecule has 0 aliphatic rings. The van der Waals surface area contributed by atoms with Gasteiger partial charge in [0.1, 0.15) is 0 Å². The number of carbonyl (C=O) groups excluding carboxylic acids is 1. The van der Waals surface area contributed by atoms with E-state index in [0.717, 1.165) is 24.5 Å². The van der Waals surface area contributed by atoms with Crippen molar-refractivity contribution in [3.05, 3.63) is 48.0 Å². The second-order valence-corrected chi connectivity index (χ2v) is 6.11. The van der Waals surface area contributed by atoms with Gasteiger partial charge in [0.2, 0.25) is 0 Å². The predicted molar refractivity (Wildman–Crippen MR) is 113 cm³/mol. The molecule has 0 bridgehead atoms. The molecule has 7 heteroatoms. The topological polar surface area (TPSA) is 62.8 Å². The van der Waals surface area contributed by atoms with E-state index in [2.05, 4.69) is 29.4 Å². The minimum absolute atomic E-state index is 0.227. The van der Waals surface area contributed by atoms with Gasteiger partial charge in [0, 0.05) is 30.0 Å². The molecular formula is C20H25N3O3S. The molecule has 6 nitrogen and oxygen atoms in total.